The van der Waals surface area contributed by atoms with Crippen LogP contribution in [0, 0.1) is 12.8 Å². The Hall–Kier alpha value is -2.76. The van der Waals surface area contributed by atoms with E-state index >= 15 is 0 Å². The van der Waals surface area contributed by atoms with Gasteiger partial charge in [-0.1, -0.05) is 45.7 Å². The van der Waals surface area contributed by atoms with Crippen LogP contribution in [0.5, 0.6) is 0 Å². The van der Waals surface area contributed by atoms with Crippen molar-refractivity contribution in [2.24, 2.45) is 5.92 Å². The number of aromatic nitrogens is 5. The minimum absolute atomic E-state index is 0.0139. The van der Waals surface area contributed by atoms with E-state index in [-0.39, 0.29) is 5.56 Å². The molecule has 0 unspecified atom stereocenters. The Morgan fingerprint density at radius 2 is 1.68 bits per heavy atom. The standard InChI is InChI=1S/C22H27N5O/c1-5-6-9-12-26-20-18(22(28)27(13-14(2)3)15(4)23-20)19-21(26)25-17-11-8-7-10-16(17)24-19/h7-8,10-11,14H,5-6,9,12-13H2,1-4H3. The van der Waals surface area contributed by atoms with Crippen molar-refractivity contribution < 1.29 is 0 Å². The molecule has 0 bridgehead atoms. The molecular formula is C22H27N5O. The van der Waals surface area contributed by atoms with Gasteiger partial charge in [-0.15, -0.1) is 0 Å². The van der Waals surface area contributed by atoms with Gasteiger partial charge in [-0.2, -0.15) is 0 Å². The highest BCUT2D eigenvalue weighted by Gasteiger charge is 2.21. The van der Waals surface area contributed by atoms with Crippen LogP contribution in [0.4, 0.5) is 0 Å². The zero-order valence-corrected chi connectivity index (χ0v) is 17.1. The van der Waals surface area contributed by atoms with E-state index in [0.717, 1.165) is 48.3 Å². The molecule has 0 aliphatic heterocycles. The first-order valence-electron chi connectivity index (χ1n) is 10.2. The molecule has 28 heavy (non-hydrogen) atoms. The van der Waals surface area contributed by atoms with Gasteiger partial charge in [0.2, 0.25) is 0 Å². The highest BCUT2D eigenvalue weighted by molar-refractivity contribution is 6.04. The molecule has 1 aromatic carbocycles. The van der Waals surface area contributed by atoms with Gasteiger partial charge in [0.1, 0.15) is 16.7 Å². The second-order valence-electron chi connectivity index (χ2n) is 7.91. The Labute approximate surface area is 164 Å². The third-order valence-electron chi connectivity index (χ3n) is 5.17. The van der Waals surface area contributed by atoms with Crippen molar-refractivity contribution in [3.05, 3.63) is 40.4 Å². The van der Waals surface area contributed by atoms with Crippen molar-refractivity contribution >= 4 is 33.2 Å². The predicted octanol–water partition coefficient (Wildman–Crippen LogP) is 4.45. The molecule has 4 aromatic rings. The van der Waals surface area contributed by atoms with Crippen LogP contribution in [0.15, 0.2) is 29.1 Å². The van der Waals surface area contributed by atoms with Gasteiger partial charge in [0.25, 0.3) is 5.56 Å². The maximum Gasteiger partial charge on any atom is 0.265 e. The molecule has 0 saturated heterocycles. The van der Waals surface area contributed by atoms with Gasteiger partial charge < -0.3 is 4.57 Å². The molecule has 0 aliphatic carbocycles. The van der Waals surface area contributed by atoms with E-state index in [4.69, 9.17) is 15.0 Å². The van der Waals surface area contributed by atoms with Crippen LogP contribution in [0.1, 0.15) is 45.9 Å². The number of hydrogen-bond acceptors (Lipinski definition) is 4. The van der Waals surface area contributed by atoms with Crippen molar-refractivity contribution in [3.63, 3.8) is 0 Å². The second kappa shape index (κ2) is 7.34. The molecule has 0 amide bonds. The van der Waals surface area contributed by atoms with Crippen molar-refractivity contribution in [1.29, 1.82) is 0 Å². The monoisotopic (exact) mass is 377 g/mol. The van der Waals surface area contributed by atoms with Crippen LogP contribution in [0.3, 0.4) is 0 Å². The van der Waals surface area contributed by atoms with Crippen LogP contribution in [-0.2, 0) is 13.1 Å². The largest absolute Gasteiger partial charge is 0.308 e. The summed E-state index contributed by atoms with van der Waals surface area (Å²) in [5, 5.41) is 0.594. The second-order valence-corrected chi connectivity index (χ2v) is 7.91. The minimum Gasteiger partial charge on any atom is -0.308 e. The lowest BCUT2D eigenvalue weighted by molar-refractivity contribution is 0.497. The van der Waals surface area contributed by atoms with E-state index in [2.05, 4.69) is 25.3 Å². The number of hydrogen-bond donors (Lipinski definition) is 0. The van der Waals surface area contributed by atoms with Gasteiger partial charge >= 0.3 is 0 Å². The van der Waals surface area contributed by atoms with Gasteiger partial charge in [0, 0.05) is 13.1 Å². The molecule has 4 rings (SSSR count). The smallest absolute Gasteiger partial charge is 0.265 e. The summed E-state index contributed by atoms with van der Waals surface area (Å²) in [4.78, 5) is 28.0. The molecule has 0 saturated carbocycles. The van der Waals surface area contributed by atoms with E-state index in [0.29, 0.717) is 29.0 Å². The van der Waals surface area contributed by atoms with Crippen molar-refractivity contribution in [2.75, 3.05) is 0 Å². The van der Waals surface area contributed by atoms with E-state index in [1.165, 1.54) is 0 Å². The van der Waals surface area contributed by atoms with Gasteiger partial charge in [0.05, 0.1) is 11.0 Å². The molecule has 146 valence electrons. The van der Waals surface area contributed by atoms with E-state index in [9.17, 15) is 4.79 Å². The minimum atomic E-state index is -0.0139. The average Bonchev–Trinajstić information content (AvgIpc) is 2.96. The van der Waals surface area contributed by atoms with Crippen molar-refractivity contribution in [2.45, 2.75) is 60.0 Å². The summed E-state index contributed by atoms with van der Waals surface area (Å²) in [6, 6.07) is 7.81. The molecule has 0 spiro atoms. The first-order valence-corrected chi connectivity index (χ1v) is 10.2. The van der Waals surface area contributed by atoms with E-state index in [1.54, 1.807) is 4.57 Å². The molecular weight excluding hydrogens is 350 g/mol. The van der Waals surface area contributed by atoms with Gasteiger partial charge in [0.15, 0.2) is 11.3 Å². The third-order valence-corrected chi connectivity index (χ3v) is 5.17. The highest BCUT2D eigenvalue weighted by Crippen LogP contribution is 2.26. The summed E-state index contributed by atoms with van der Waals surface area (Å²) in [5.41, 5.74) is 3.77. The molecule has 0 radical (unpaired) electrons. The summed E-state index contributed by atoms with van der Waals surface area (Å²) in [5.74, 6) is 1.11. The molecule has 0 atom stereocenters. The van der Waals surface area contributed by atoms with Crippen LogP contribution in [0.25, 0.3) is 33.2 Å². The number of rotatable bonds is 6. The third kappa shape index (κ3) is 3.07. The number of benzene rings is 1. The summed E-state index contributed by atoms with van der Waals surface area (Å²) >= 11 is 0. The molecule has 0 aliphatic rings. The fourth-order valence-electron chi connectivity index (χ4n) is 3.81. The van der Waals surface area contributed by atoms with E-state index < -0.39 is 0 Å². The zero-order valence-electron chi connectivity index (χ0n) is 17.1. The lowest BCUT2D eigenvalue weighted by atomic mass is 10.2. The van der Waals surface area contributed by atoms with Crippen LogP contribution < -0.4 is 5.56 Å². The lowest BCUT2D eigenvalue weighted by Gasteiger charge is -2.12. The highest BCUT2D eigenvalue weighted by atomic mass is 16.1. The molecule has 0 fully saturated rings. The fraction of sp³-hybridized carbons (Fsp3) is 0.455. The van der Waals surface area contributed by atoms with E-state index in [1.807, 2.05) is 31.2 Å². The van der Waals surface area contributed by atoms with Crippen LogP contribution in [0.2, 0.25) is 0 Å². The lowest BCUT2D eigenvalue weighted by Crippen LogP contribution is -2.26. The zero-order chi connectivity index (χ0) is 19.8. The Morgan fingerprint density at radius 3 is 2.36 bits per heavy atom. The van der Waals surface area contributed by atoms with Crippen molar-refractivity contribution in [3.8, 4) is 0 Å². The number of aryl methyl sites for hydroxylation is 2. The average molecular weight is 377 g/mol. The Bertz CT molecular complexity index is 1220. The Kier molecular flexibility index (Phi) is 4.87. The summed E-state index contributed by atoms with van der Waals surface area (Å²) in [6.45, 7) is 9.76. The Balaban J connectivity index is 2.08. The SMILES string of the molecule is CCCCCn1c2nc3ccccc3nc2c2c(=O)n(CC(C)C)c(C)nc21. The van der Waals surface area contributed by atoms with Crippen LogP contribution in [-0.4, -0.2) is 24.1 Å². The topological polar surface area (TPSA) is 65.6 Å². The number of fused-ring (bicyclic) bond motifs is 4. The fourth-order valence-corrected chi connectivity index (χ4v) is 3.81. The molecule has 3 aromatic heterocycles. The molecule has 6 heteroatoms. The first-order chi connectivity index (χ1) is 13.5. The van der Waals surface area contributed by atoms with Gasteiger partial charge in [-0.3, -0.25) is 9.36 Å². The maximum absolute atomic E-state index is 13.4. The number of para-hydroxylation sites is 2. The summed E-state index contributed by atoms with van der Waals surface area (Å²) in [6.07, 6.45) is 3.30. The van der Waals surface area contributed by atoms with Gasteiger partial charge in [-0.05, 0) is 31.4 Å². The number of nitrogens with zero attached hydrogens (tertiary/aromatic N) is 5. The summed E-state index contributed by atoms with van der Waals surface area (Å²) in [7, 11) is 0. The Morgan fingerprint density at radius 1 is 0.964 bits per heavy atom. The quantitative estimate of drug-likeness (QED) is 0.466. The summed E-state index contributed by atoms with van der Waals surface area (Å²) < 4.78 is 3.87. The van der Waals surface area contributed by atoms with Crippen LogP contribution >= 0.6 is 0 Å². The molecule has 0 N–H and O–H groups in total. The maximum atomic E-state index is 13.4. The van der Waals surface area contributed by atoms with Gasteiger partial charge in [-0.25, -0.2) is 15.0 Å². The molecule has 3 heterocycles. The first kappa shape index (κ1) is 18.6. The normalized spacial score (nSPS) is 12.0. The van der Waals surface area contributed by atoms with Crippen molar-refractivity contribution in [1.82, 2.24) is 24.1 Å². The predicted molar refractivity (Wildman–Crippen MR) is 114 cm³/mol. The molecule has 6 nitrogen and oxygen atoms in total. The number of unbranched alkanes of at least 4 members (excludes halogenated alkanes) is 2.